The van der Waals surface area contributed by atoms with E-state index in [4.69, 9.17) is 15.8 Å². The van der Waals surface area contributed by atoms with Gasteiger partial charge in [-0.2, -0.15) is 0 Å². The molecule has 0 aromatic heterocycles. The van der Waals surface area contributed by atoms with E-state index >= 15 is 0 Å². The van der Waals surface area contributed by atoms with Gasteiger partial charge in [0.2, 0.25) is 0 Å². The Morgan fingerprint density at radius 2 is 1.50 bits per heavy atom. The summed E-state index contributed by atoms with van der Waals surface area (Å²) in [7, 11) is 0. The first-order chi connectivity index (χ1) is 8.66. The number of halogens is 1. The average molecular weight is 281 g/mol. The molecular formula is C14H14ClO2P. The van der Waals surface area contributed by atoms with Crippen LogP contribution in [0.4, 0.5) is 0 Å². The molecule has 2 rings (SSSR count). The lowest BCUT2D eigenvalue weighted by molar-refractivity contribution is 0.497. The Kier molecular flexibility index (Phi) is 4.46. The van der Waals surface area contributed by atoms with E-state index in [0.29, 0.717) is 18.3 Å². The fraction of sp³-hybridized carbons (Fsp3) is 0.143. The fourth-order valence-electron chi connectivity index (χ4n) is 1.59. The third-order valence-electron chi connectivity index (χ3n) is 2.50. The van der Waals surface area contributed by atoms with E-state index in [0.717, 1.165) is 5.56 Å². The summed E-state index contributed by atoms with van der Waals surface area (Å²) < 4.78 is 17.4. The van der Waals surface area contributed by atoms with Crippen LogP contribution in [-0.4, -0.2) is 6.16 Å². The molecule has 2 nitrogen and oxygen atoms in total. The first-order valence-corrected chi connectivity index (χ1v) is 8.44. The Balaban J connectivity index is 1.94. The number of para-hydroxylation sites is 1. The van der Waals surface area contributed by atoms with Crippen molar-refractivity contribution in [1.82, 2.24) is 0 Å². The molecule has 2 aromatic carbocycles. The monoisotopic (exact) mass is 280 g/mol. The van der Waals surface area contributed by atoms with E-state index in [9.17, 15) is 4.57 Å². The molecule has 0 bridgehead atoms. The van der Waals surface area contributed by atoms with E-state index in [1.165, 1.54) is 0 Å². The quantitative estimate of drug-likeness (QED) is 0.740. The third kappa shape index (κ3) is 4.21. The summed E-state index contributed by atoms with van der Waals surface area (Å²) >= 11 is 5.95. The van der Waals surface area contributed by atoms with Gasteiger partial charge in [0, 0.05) is 0 Å². The van der Waals surface area contributed by atoms with Crippen LogP contribution in [0.2, 0.25) is 0 Å². The molecule has 4 heteroatoms. The lowest BCUT2D eigenvalue weighted by Crippen LogP contribution is -1.96. The van der Waals surface area contributed by atoms with Crippen molar-refractivity contribution in [2.24, 2.45) is 0 Å². The first kappa shape index (κ1) is 13.2. The number of hydrogen-bond acceptors (Lipinski definition) is 2. The minimum atomic E-state index is -3.11. The fourth-order valence-corrected chi connectivity index (χ4v) is 3.14. The van der Waals surface area contributed by atoms with Gasteiger partial charge in [0.15, 0.2) is 0 Å². The van der Waals surface area contributed by atoms with Gasteiger partial charge in [-0.25, -0.2) is 0 Å². The molecule has 94 valence electrons. The maximum Gasteiger partial charge on any atom is 0.336 e. The summed E-state index contributed by atoms with van der Waals surface area (Å²) in [5.41, 5.74) is 1.11. The molecule has 0 radical (unpaired) electrons. The van der Waals surface area contributed by atoms with Gasteiger partial charge >= 0.3 is 6.72 Å². The number of hydrogen-bond donors (Lipinski definition) is 0. The van der Waals surface area contributed by atoms with Gasteiger partial charge in [0.25, 0.3) is 0 Å². The Morgan fingerprint density at radius 3 is 2.11 bits per heavy atom. The molecule has 1 atom stereocenters. The molecule has 0 amide bonds. The zero-order valence-corrected chi connectivity index (χ0v) is 11.5. The molecular weight excluding hydrogens is 267 g/mol. The molecule has 2 aromatic rings. The predicted molar refractivity (Wildman–Crippen MR) is 75.5 cm³/mol. The normalized spacial score (nSPS) is 13.8. The van der Waals surface area contributed by atoms with Crippen molar-refractivity contribution in [3.63, 3.8) is 0 Å². The largest absolute Gasteiger partial charge is 0.433 e. The summed E-state index contributed by atoms with van der Waals surface area (Å²) in [6.07, 6.45) is 0.974. The molecule has 0 aliphatic rings. The second-order valence-electron chi connectivity index (χ2n) is 3.95. The third-order valence-corrected chi connectivity index (χ3v) is 4.45. The van der Waals surface area contributed by atoms with Crippen LogP contribution in [0.1, 0.15) is 5.56 Å². The van der Waals surface area contributed by atoms with Gasteiger partial charge in [-0.05, 0) is 35.4 Å². The smallest absolute Gasteiger partial charge is 0.336 e. The Morgan fingerprint density at radius 1 is 0.944 bits per heavy atom. The number of benzene rings is 2. The van der Waals surface area contributed by atoms with Crippen LogP contribution >= 0.6 is 18.0 Å². The summed E-state index contributed by atoms with van der Waals surface area (Å²) in [5.74, 6) is 0.545. The van der Waals surface area contributed by atoms with Crippen LogP contribution in [0.5, 0.6) is 5.75 Å². The molecule has 0 spiro atoms. The van der Waals surface area contributed by atoms with E-state index in [1.807, 2.05) is 48.5 Å². The van der Waals surface area contributed by atoms with Crippen molar-refractivity contribution in [1.29, 1.82) is 0 Å². The van der Waals surface area contributed by atoms with Crippen molar-refractivity contribution in [2.45, 2.75) is 6.42 Å². The highest BCUT2D eigenvalue weighted by atomic mass is 35.7. The van der Waals surface area contributed by atoms with Crippen LogP contribution in [0.3, 0.4) is 0 Å². The maximum atomic E-state index is 12.1. The molecule has 0 saturated carbocycles. The topological polar surface area (TPSA) is 26.3 Å². The first-order valence-electron chi connectivity index (χ1n) is 5.73. The van der Waals surface area contributed by atoms with Crippen LogP contribution in [0, 0.1) is 0 Å². The van der Waals surface area contributed by atoms with Gasteiger partial charge in [-0.15, -0.1) is 0 Å². The van der Waals surface area contributed by atoms with Crippen molar-refractivity contribution >= 4 is 18.0 Å². The van der Waals surface area contributed by atoms with Crippen molar-refractivity contribution < 1.29 is 9.09 Å². The van der Waals surface area contributed by atoms with Crippen molar-refractivity contribution in [3.8, 4) is 5.75 Å². The summed E-state index contributed by atoms with van der Waals surface area (Å²) in [6.45, 7) is -3.11. The molecule has 0 saturated heterocycles. The number of aryl methyl sites for hydroxylation is 1. The molecule has 0 aliphatic heterocycles. The van der Waals surface area contributed by atoms with Crippen LogP contribution < -0.4 is 4.52 Å². The molecule has 0 unspecified atom stereocenters. The van der Waals surface area contributed by atoms with Crippen LogP contribution in [-0.2, 0) is 11.0 Å². The second kappa shape index (κ2) is 6.08. The van der Waals surface area contributed by atoms with Gasteiger partial charge < -0.3 is 4.52 Å². The van der Waals surface area contributed by atoms with Crippen LogP contribution in [0.15, 0.2) is 60.7 Å². The summed E-state index contributed by atoms with van der Waals surface area (Å²) in [6, 6.07) is 18.8. The zero-order chi connectivity index (χ0) is 12.8. The van der Waals surface area contributed by atoms with Crippen molar-refractivity contribution in [3.05, 3.63) is 66.2 Å². The minimum absolute atomic E-state index is 0.327. The summed E-state index contributed by atoms with van der Waals surface area (Å²) in [5, 5.41) is 0. The summed E-state index contributed by atoms with van der Waals surface area (Å²) in [4.78, 5) is 0. The van der Waals surface area contributed by atoms with E-state index in [2.05, 4.69) is 0 Å². The minimum Gasteiger partial charge on any atom is -0.433 e. The Labute approximate surface area is 112 Å². The van der Waals surface area contributed by atoms with E-state index < -0.39 is 6.72 Å². The highest BCUT2D eigenvalue weighted by Crippen LogP contribution is 2.52. The lowest BCUT2D eigenvalue weighted by atomic mass is 10.2. The number of rotatable bonds is 5. The molecule has 0 N–H and O–H groups in total. The Bertz CT molecular complexity index is 528. The Hall–Kier alpha value is -1.24. The molecule has 18 heavy (non-hydrogen) atoms. The highest BCUT2D eigenvalue weighted by Gasteiger charge is 2.20. The average Bonchev–Trinajstić information content (AvgIpc) is 2.38. The SMILES string of the molecule is O=[P@@](Cl)(CCc1ccccc1)Oc1ccccc1. The molecule has 0 aliphatic carbocycles. The zero-order valence-electron chi connectivity index (χ0n) is 9.83. The lowest BCUT2D eigenvalue weighted by Gasteiger charge is -2.12. The van der Waals surface area contributed by atoms with Gasteiger partial charge in [0.05, 0.1) is 6.16 Å². The highest BCUT2D eigenvalue weighted by molar-refractivity contribution is 7.85. The van der Waals surface area contributed by atoms with E-state index in [1.54, 1.807) is 12.1 Å². The van der Waals surface area contributed by atoms with E-state index in [-0.39, 0.29) is 0 Å². The standard InChI is InChI=1S/C14H14ClO2P/c15-18(16,17-14-9-5-2-6-10-14)12-11-13-7-3-1-4-8-13/h1-10H,11-12H2/t18-/m0/s1. The second-order valence-corrected chi connectivity index (χ2v) is 7.31. The van der Waals surface area contributed by atoms with Gasteiger partial charge in [-0.3, -0.25) is 4.57 Å². The van der Waals surface area contributed by atoms with Crippen LogP contribution in [0.25, 0.3) is 0 Å². The predicted octanol–water partition coefficient (Wildman–Crippen LogP) is 4.74. The van der Waals surface area contributed by atoms with Gasteiger partial charge in [0.1, 0.15) is 5.75 Å². The van der Waals surface area contributed by atoms with Crippen molar-refractivity contribution in [2.75, 3.05) is 6.16 Å². The molecule has 0 heterocycles. The molecule has 0 fully saturated rings. The maximum absolute atomic E-state index is 12.1. The van der Waals surface area contributed by atoms with Gasteiger partial charge in [-0.1, -0.05) is 48.5 Å².